The molecule has 2 amide bonds. The molecule has 0 radical (unpaired) electrons. The van der Waals surface area contributed by atoms with Crippen molar-refractivity contribution >= 4 is 40.5 Å². The molecule has 0 heterocycles. The summed E-state index contributed by atoms with van der Waals surface area (Å²) in [5.41, 5.74) is 2.43. The summed E-state index contributed by atoms with van der Waals surface area (Å²) >= 11 is 5.91. The van der Waals surface area contributed by atoms with Crippen molar-refractivity contribution in [1.82, 2.24) is 0 Å². The third-order valence-electron chi connectivity index (χ3n) is 4.21. The Kier molecular flexibility index (Phi) is 4.95. The Morgan fingerprint density at radius 1 is 0.960 bits per heavy atom. The molecule has 5 nitrogen and oxygen atoms in total. The number of nitrogens with one attached hydrogen (secondary N) is 2. The Labute approximate surface area is 152 Å². The molecule has 2 unspecified atom stereocenters. The molecule has 0 bridgehead atoms. The van der Waals surface area contributed by atoms with Gasteiger partial charge in [0.25, 0.3) is 0 Å². The molecule has 2 atom stereocenters. The summed E-state index contributed by atoms with van der Waals surface area (Å²) < 4.78 is 0. The van der Waals surface area contributed by atoms with Crippen LogP contribution in [-0.2, 0) is 9.59 Å². The fourth-order valence-corrected chi connectivity index (χ4v) is 2.84. The Bertz CT molecular complexity index is 790. The van der Waals surface area contributed by atoms with Crippen molar-refractivity contribution in [3.63, 3.8) is 0 Å². The van der Waals surface area contributed by atoms with Gasteiger partial charge in [0.2, 0.25) is 11.8 Å². The molecule has 2 N–H and O–H groups in total. The standard InChI is InChI=1S/C19H20ClN3O2/c1-23(2)15-8-6-13(7-9-15)21-18(24)16-11-17(16)19(25)22-14-5-3-4-12(20)10-14/h3-10,16-17H,11H2,1-2H3,(H,21,24)(H,22,25). The fourth-order valence-electron chi connectivity index (χ4n) is 2.65. The lowest BCUT2D eigenvalue weighted by atomic mass is 10.2. The highest BCUT2D eigenvalue weighted by Gasteiger charge is 2.48. The monoisotopic (exact) mass is 357 g/mol. The zero-order valence-electron chi connectivity index (χ0n) is 14.1. The van der Waals surface area contributed by atoms with Crippen LogP contribution in [0, 0.1) is 11.8 Å². The number of hydrogen-bond donors (Lipinski definition) is 2. The van der Waals surface area contributed by atoms with Crippen LogP contribution in [0.25, 0.3) is 0 Å². The summed E-state index contributed by atoms with van der Waals surface area (Å²) in [5, 5.41) is 6.23. The lowest BCUT2D eigenvalue weighted by molar-refractivity contribution is -0.122. The van der Waals surface area contributed by atoms with Crippen LogP contribution < -0.4 is 15.5 Å². The van der Waals surface area contributed by atoms with Crippen LogP contribution in [-0.4, -0.2) is 25.9 Å². The van der Waals surface area contributed by atoms with E-state index in [1.165, 1.54) is 0 Å². The molecule has 2 aromatic rings. The minimum atomic E-state index is -0.292. The van der Waals surface area contributed by atoms with Gasteiger partial charge >= 0.3 is 0 Å². The topological polar surface area (TPSA) is 61.4 Å². The molecule has 1 fully saturated rings. The minimum absolute atomic E-state index is 0.121. The van der Waals surface area contributed by atoms with Gasteiger partial charge in [-0.3, -0.25) is 9.59 Å². The van der Waals surface area contributed by atoms with E-state index in [2.05, 4.69) is 10.6 Å². The van der Waals surface area contributed by atoms with E-state index in [-0.39, 0.29) is 23.7 Å². The van der Waals surface area contributed by atoms with Crippen LogP contribution in [0.5, 0.6) is 0 Å². The smallest absolute Gasteiger partial charge is 0.228 e. The van der Waals surface area contributed by atoms with E-state index in [9.17, 15) is 9.59 Å². The van der Waals surface area contributed by atoms with Gasteiger partial charge in [-0.05, 0) is 48.9 Å². The lowest BCUT2D eigenvalue weighted by Crippen LogP contribution is -2.20. The highest BCUT2D eigenvalue weighted by molar-refractivity contribution is 6.30. The highest BCUT2D eigenvalue weighted by atomic mass is 35.5. The molecule has 3 rings (SSSR count). The normalized spacial score (nSPS) is 18.4. The molecule has 2 aromatic carbocycles. The minimum Gasteiger partial charge on any atom is -0.378 e. The van der Waals surface area contributed by atoms with Gasteiger partial charge < -0.3 is 15.5 Å². The number of nitrogens with zero attached hydrogens (tertiary/aromatic N) is 1. The molecule has 6 heteroatoms. The van der Waals surface area contributed by atoms with Gasteiger partial charge in [0.05, 0.1) is 11.8 Å². The summed E-state index contributed by atoms with van der Waals surface area (Å²) in [4.78, 5) is 26.5. The van der Waals surface area contributed by atoms with Crippen molar-refractivity contribution in [3.05, 3.63) is 53.6 Å². The number of carbonyl (C=O) groups is 2. The van der Waals surface area contributed by atoms with Crippen LogP contribution in [0.15, 0.2) is 48.5 Å². The van der Waals surface area contributed by atoms with Crippen molar-refractivity contribution in [1.29, 1.82) is 0 Å². The summed E-state index contributed by atoms with van der Waals surface area (Å²) in [5.74, 6) is -0.845. The van der Waals surface area contributed by atoms with Gasteiger partial charge in [0, 0.05) is 36.2 Å². The van der Waals surface area contributed by atoms with E-state index in [1.54, 1.807) is 24.3 Å². The first-order chi connectivity index (χ1) is 11.9. The molecular formula is C19H20ClN3O2. The second-order valence-electron chi connectivity index (χ2n) is 6.38. The van der Waals surface area contributed by atoms with Crippen LogP contribution in [0.4, 0.5) is 17.1 Å². The number of carbonyl (C=O) groups excluding carboxylic acids is 2. The van der Waals surface area contributed by atoms with Crippen molar-refractivity contribution < 1.29 is 9.59 Å². The summed E-state index contributed by atoms with van der Waals surface area (Å²) in [6, 6.07) is 14.6. The first kappa shape index (κ1) is 17.3. The van der Waals surface area contributed by atoms with Gasteiger partial charge in [0.15, 0.2) is 0 Å². The van der Waals surface area contributed by atoms with Crippen LogP contribution in [0.1, 0.15) is 6.42 Å². The molecule has 0 spiro atoms. The van der Waals surface area contributed by atoms with Crippen LogP contribution in [0.3, 0.4) is 0 Å². The zero-order valence-corrected chi connectivity index (χ0v) is 14.9. The van der Waals surface area contributed by atoms with Crippen LogP contribution >= 0.6 is 11.6 Å². The molecule has 25 heavy (non-hydrogen) atoms. The van der Waals surface area contributed by atoms with Gasteiger partial charge in [-0.1, -0.05) is 17.7 Å². The summed E-state index contributed by atoms with van der Waals surface area (Å²) in [6.45, 7) is 0. The van der Waals surface area contributed by atoms with Gasteiger partial charge in [-0.25, -0.2) is 0 Å². The molecule has 1 aliphatic rings. The molecular weight excluding hydrogens is 338 g/mol. The van der Waals surface area contributed by atoms with Gasteiger partial charge in [-0.2, -0.15) is 0 Å². The number of halogens is 1. The molecule has 0 aromatic heterocycles. The Morgan fingerprint density at radius 2 is 1.56 bits per heavy atom. The fraction of sp³-hybridized carbons (Fsp3) is 0.263. The second-order valence-corrected chi connectivity index (χ2v) is 6.82. The maximum Gasteiger partial charge on any atom is 0.228 e. The Morgan fingerprint density at radius 3 is 2.12 bits per heavy atom. The number of rotatable bonds is 5. The maximum absolute atomic E-state index is 12.3. The van der Waals surface area contributed by atoms with E-state index >= 15 is 0 Å². The van der Waals surface area contributed by atoms with E-state index in [1.807, 2.05) is 43.3 Å². The van der Waals surface area contributed by atoms with Gasteiger partial charge in [-0.15, -0.1) is 0 Å². The van der Waals surface area contributed by atoms with E-state index < -0.39 is 0 Å². The van der Waals surface area contributed by atoms with Crippen molar-refractivity contribution in [2.24, 2.45) is 11.8 Å². The largest absolute Gasteiger partial charge is 0.378 e. The predicted octanol–water partition coefficient (Wildman–Crippen LogP) is 3.62. The number of benzene rings is 2. The van der Waals surface area contributed by atoms with Crippen molar-refractivity contribution in [2.45, 2.75) is 6.42 Å². The molecule has 130 valence electrons. The van der Waals surface area contributed by atoms with Crippen molar-refractivity contribution in [3.8, 4) is 0 Å². The van der Waals surface area contributed by atoms with Crippen molar-refractivity contribution in [2.75, 3.05) is 29.6 Å². The maximum atomic E-state index is 12.3. The van der Waals surface area contributed by atoms with E-state index in [0.29, 0.717) is 17.1 Å². The Balaban J connectivity index is 1.54. The first-order valence-electron chi connectivity index (χ1n) is 8.09. The Hall–Kier alpha value is -2.53. The first-order valence-corrected chi connectivity index (χ1v) is 8.46. The highest BCUT2D eigenvalue weighted by Crippen LogP contribution is 2.40. The average molecular weight is 358 g/mol. The molecule has 1 aliphatic carbocycles. The molecule has 0 aliphatic heterocycles. The van der Waals surface area contributed by atoms with E-state index in [0.717, 1.165) is 11.4 Å². The third kappa shape index (κ3) is 4.31. The number of amides is 2. The summed E-state index contributed by atoms with van der Waals surface area (Å²) in [6.07, 6.45) is 0.564. The van der Waals surface area contributed by atoms with Crippen LogP contribution in [0.2, 0.25) is 5.02 Å². The second kappa shape index (κ2) is 7.15. The summed E-state index contributed by atoms with van der Waals surface area (Å²) in [7, 11) is 3.92. The third-order valence-corrected chi connectivity index (χ3v) is 4.44. The van der Waals surface area contributed by atoms with E-state index in [4.69, 9.17) is 11.6 Å². The quantitative estimate of drug-likeness (QED) is 0.859. The van der Waals surface area contributed by atoms with Gasteiger partial charge in [0.1, 0.15) is 0 Å². The predicted molar refractivity (Wildman–Crippen MR) is 101 cm³/mol. The lowest BCUT2D eigenvalue weighted by Gasteiger charge is -2.13. The average Bonchev–Trinajstić information content (AvgIpc) is 3.36. The molecule has 0 saturated heterocycles. The number of anilines is 3. The zero-order chi connectivity index (χ0) is 18.0. The number of hydrogen-bond acceptors (Lipinski definition) is 3. The SMILES string of the molecule is CN(C)c1ccc(NC(=O)C2CC2C(=O)Nc2cccc(Cl)c2)cc1. The molecule has 1 saturated carbocycles.